The van der Waals surface area contributed by atoms with E-state index in [-0.39, 0.29) is 0 Å². The highest BCUT2D eigenvalue weighted by atomic mass is 16.7. The molecule has 0 radical (unpaired) electrons. The number of methoxy groups -OCH3 is 3. The molecule has 0 aliphatic heterocycles. The molecule has 0 amide bonds. The van der Waals surface area contributed by atoms with Gasteiger partial charge in [0.15, 0.2) is 5.92 Å². The van der Waals surface area contributed by atoms with Gasteiger partial charge in [0.05, 0.1) is 27.6 Å². The third kappa shape index (κ3) is 8.78. The molecule has 0 aromatic heterocycles. The molecule has 7 nitrogen and oxygen atoms in total. The Morgan fingerprint density at radius 2 is 1.55 bits per heavy atom. The lowest BCUT2D eigenvalue weighted by atomic mass is 10.0. The third-order valence-corrected chi connectivity index (χ3v) is 2.74. The Morgan fingerprint density at radius 1 is 0.909 bits per heavy atom. The molecule has 124 valence electrons. The first-order valence-electron chi connectivity index (χ1n) is 6.78. The van der Waals surface area contributed by atoms with Crippen molar-refractivity contribution in [2.75, 3.05) is 21.3 Å². The predicted molar refractivity (Wildman–Crippen MR) is 77.8 cm³/mol. The van der Waals surface area contributed by atoms with Crippen molar-refractivity contribution in [3.05, 3.63) is 24.5 Å². The van der Waals surface area contributed by atoms with Gasteiger partial charge in [0.25, 0.3) is 0 Å². The molecule has 0 fully saturated rings. The van der Waals surface area contributed by atoms with Crippen molar-refractivity contribution in [1.29, 1.82) is 0 Å². The standard InChI is InChI=1S/C15H22O7/c1-19-13(16)12(14(17)20-2)10-8-6-4-5-7-9-11-22-15(18)21-3/h5,7,9,11-12H,4,6,8,10H2,1-3H3/b7-5+,11-9+. The van der Waals surface area contributed by atoms with E-state index in [4.69, 9.17) is 0 Å². The van der Waals surface area contributed by atoms with Crippen LogP contribution >= 0.6 is 0 Å². The van der Waals surface area contributed by atoms with Gasteiger partial charge in [-0.15, -0.1) is 0 Å². The largest absolute Gasteiger partial charge is 0.512 e. The quantitative estimate of drug-likeness (QED) is 0.161. The van der Waals surface area contributed by atoms with Crippen LogP contribution in [-0.2, 0) is 28.5 Å². The van der Waals surface area contributed by atoms with Crippen LogP contribution in [0.15, 0.2) is 24.5 Å². The highest BCUT2D eigenvalue weighted by molar-refractivity contribution is 5.94. The van der Waals surface area contributed by atoms with E-state index < -0.39 is 24.0 Å². The Labute approximate surface area is 129 Å². The summed E-state index contributed by atoms with van der Waals surface area (Å²) >= 11 is 0. The molecule has 0 saturated carbocycles. The number of carbonyl (C=O) groups excluding carboxylic acids is 3. The van der Waals surface area contributed by atoms with Crippen LogP contribution in [0.2, 0.25) is 0 Å². The van der Waals surface area contributed by atoms with Crippen molar-refractivity contribution in [1.82, 2.24) is 0 Å². The summed E-state index contributed by atoms with van der Waals surface area (Å²) in [5.74, 6) is -2.03. The number of unbranched alkanes of at least 4 members (excludes halogenated alkanes) is 2. The second-order valence-electron chi connectivity index (χ2n) is 4.21. The Kier molecular flexibility index (Phi) is 11.1. The predicted octanol–water partition coefficient (Wildman–Crippen LogP) is 2.36. The van der Waals surface area contributed by atoms with Gasteiger partial charge in [0.1, 0.15) is 0 Å². The molecule has 0 aliphatic rings. The molecule has 0 unspecified atom stereocenters. The van der Waals surface area contributed by atoms with Crippen molar-refractivity contribution in [3.8, 4) is 0 Å². The van der Waals surface area contributed by atoms with Crippen LogP contribution in [0, 0.1) is 5.92 Å². The van der Waals surface area contributed by atoms with Crippen molar-refractivity contribution in [2.45, 2.75) is 25.7 Å². The molecule has 0 aromatic carbocycles. The van der Waals surface area contributed by atoms with Gasteiger partial charge in [-0.1, -0.05) is 18.6 Å². The molecule has 0 heterocycles. The second-order valence-corrected chi connectivity index (χ2v) is 4.21. The minimum Gasteiger partial charge on any atom is -0.468 e. The summed E-state index contributed by atoms with van der Waals surface area (Å²) in [6.45, 7) is 0. The summed E-state index contributed by atoms with van der Waals surface area (Å²) in [5, 5.41) is 0. The molecule has 0 aromatic rings. The Morgan fingerprint density at radius 3 is 2.09 bits per heavy atom. The first-order chi connectivity index (χ1) is 10.6. The number of hydrogen-bond acceptors (Lipinski definition) is 7. The van der Waals surface area contributed by atoms with Crippen LogP contribution < -0.4 is 0 Å². The van der Waals surface area contributed by atoms with Gasteiger partial charge in [-0.3, -0.25) is 9.59 Å². The maximum absolute atomic E-state index is 11.4. The fourth-order valence-corrected chi connectivity index (χ4v) is 1.59. The van der Waals surface area contributed by atoms with E-state index in [1.165, 1.54) is 27.6 Å². The summed E-state index contributed by atoms with van der Waals surface area (Å²) in [6.07, 6.45) is 8.22. The zero-order chi connectivity index (χ0) is 16.8. The molecule has 0 bridgehead atoms. The van der Waals surface area contributed by atoms with E-state index in [0.717, 1.165) is 12.8 Å². The lowest BCUT2D eigenvalue weighted by Gasteiger charge is -2.11. The lowest BCUT2D eigenvalue weighted by molar-refractivity contribution is -0.159. The second kappa shape index (κ2) is 12.4. The van der Waals surface area contributed by atoms with E-state index in [1.807, 2.05) is 6.08 Å². The van der Waals surface area contributed by atoms with Gasteiger partial charge in [0.2, 0.25) is 0 Å². The van der Waals surface area contributed by atoms with Crippen LogP contribution in [0.4, 0.5) is 4.79 Å². The summed E-state index contributed by atoms with van der Waals surface area (Å²) in [6, 6.07) is 0. The van der Waals surface area contributed by atoms with Gasteiger partial charge in [-0.05, 0) is 25.3 Å². The summed E-state index contributed by atoms with van der Waals surface area (Å²) < 4.78 is 18.0. The minimum absolute atomic E-state index is 0.383. The zero-order valence-electron chi connectivity index (χ0n) is 13.1. The van der Waals surface area contributed by atoms with Crippen molar-refractivity contribution in [3.63, 3.8) is 0 Å². The molecule has 0 atom stereocenters. The van der Waals surface area contributed by atoms with Gasteiger partial charge < -0.3 is 18.9 Å². The van der Waals surface area contributed by atoms with Crippen LogP contribution in [-0.4, -0.2) is 39.4 Å². The molecular weight excluding hydrogens is 292 g/mol. The third-order valence-electron chi connectivity index (χ3n) is 2.74. The first-order valence-corrected chi connectivity index (χ1v) is 6.78. The Hall–Kier alpha value is -2.31. The highest BCUT2D eigenvalue weighted by Gasteiger charge is 2.27. The average molecular weight is 314 g/mol. The summed E-state index contributed by atoms with van der Waals surface area (Å²) in [5.41, 5.74) is 0. The number of carbonyl (C=O) groups is 3. The molecule has 0 spiro atoms. The minimum atomic E-state index is -0.868. The first kappa shape index (κ1) is 19.7. The van der Waals surface area contributed by atoms with Gasteiger partial charge in [0, 0.05) is 0 Å². The summed E-state index contributed by atoms with van der Waals surface area (Å²) in [7, 11) is 3.70. The Bertz CT molecular complexity index is 396. The van der Waals surface area contributed by atoms with Crippen LogP contribution in [0.5, 0.6) is 0 Å². The van der Waals surface area contributed by atoms with Gasteiger partial charge in [-0.2, -0.15) is 0 Å². The molecule has 22 heavy (non-hydrogen) atoms. The van der Waals surface area contributed by atoms with Gasteiger partial charge >= 0.3 is 18.1 Å². The number of allylic oxidation sites excluding steroid dienone is 3. The van der Waals surface area contributed by atoms with Crippen LogP contribution in [0.1, 0.15) is 25.7 Å². The van der Waals surface area contributed by atoms with Crippen molar-refractivity contribution in [2.24, 2.45) is 5.92 Å². The van der Waals surface area contributed by atoms with E-state index >= 15 is 0 Å². The fraction of sp³-hybridized carbons (Fsp3) is 0.533. The lowest BCUT2D eigenvalue weighted by Crippen LogP contribution is -2.26. The number of hydrogen-bond donors (Lipinski definition) is 0. The van der Waals surface area contributed by atoms with E-state index in [0.29, 0.717) is 12.8 Å². The monoisotopic (exact) mass is 314 g/mol. The topological polar surface area (TPSA) is 88.1 Å². The zero-order valence-corrected chi connectivity index (χ0v) is 13.1. The van der Waals surface area contributed by atoms with E-state index in [2.05, 4.69) is 18.9 Å². The van der Waals surface area contributed by atoms with E-state index in [9.17, 15) is 14.4 Å². The smallest absolute Gasteiger partial charge is 0.468 e. The Balaban J connectivity index is 3.92. The number of rotatable bonds is 9. The number of esters is 2. The number of ether oxygens (including phenoxy) is 4. The van der Waals surface area contributed by atoms with Crippen LogP contribution in [0.25, 0.3) is 0 Å². The van der Waals surface area contributed by atoms with Crippen LogP contribution in [0.3, 0.4) is 0 Å². The highest BCUT2D eigenvalue weighted by Crippen LogP contribution is 2.13. The molecule has 0 saturated heterocycles. The fourth-order valence-electron chi connectivity index (χ4n) is 1.59. The van der Waals surface area contributed by atoms with Crippen molar-refractivity contribution >= 4 is 18.1 Å². The summed E-state index contributed by atoms with van der Waals surface area (Å²) in [4.78, 5) is 33.5. The molecule has 0 rings (SSSR count). The molecular formula is C15H22O7. The maximum atomic E-state index is 11.4. The normalized spacial score (nSPS) is 10.9. The van der Waals surface area contributed by atoms with E-state index in [1.54, 1.807) is 12.2 Å². The maximum Gasteiger partial charge on any atom is 0.512 e. The average Bonchev–Trinajstić information content (AvgIpc) is 2.54. The molecule has 0 N–H and O–H groups in total. The SMILES string of the molecule is COC(=O)O/C=C/C=C/CCCCC(C(=O)OC)C(=O)OC. The molecule has 7 heteroatoms. The molecule has 0 aliphatic carbocycles. The van der Waals surface area contributed by atoms with Crippen molar-refractivity contribution < 1.29 is 33.3 Å². The van der Waals surface area contributed by atoms with Gasteiger partial charge in [-0.25, -0.2) is 4.79 Å².